The minimum Gasteiger partial charge on any atom is -0.380 e. The van der Waals surface area contributed by atoms with Gasteiger partial charge in [-0.15, -0.1) is 0 Å². The molecule has 0 saturated carbocycles. The summed E-state index contributed by atoms with van der Waals surface area (Å²) in [6.45, 7) is 4.67. The average molecular weight is 332 g/mol. The number of nitrogens with zero attached hydrogens (tertiary/aromatic N) is 4. The van der Waals surface area contributed by atoms with Crippen LogP contribution in [0.1, 0.15) is 35.2 Å². The molecule has 7 heteroatoms. The Hall–Kier alpha value is -2.10. The summed E-state index contributed by atoms with van der Waals surface area (Å²) >= 11 is 6.34. The van der Waals surface area contributed by atoms with Gasteiger partial charge in [-0.05, 0) is 19.9 Å². The van der Waals surface area contributed by atoms with E-state index in [4.69, 9.17) is 21.6 Å². The molecule has 1 saturated heterocycles. The van der Waals surface area contributed by atoms with E-state index in [1.165, 1.54) is 6.20 Å². The van der Waals surface area contributed by atoms with E-state index in [2.05, 4.69) is 25.9 Å². The first-order valence-corrected chi connectivity index (χ1v) is 7.79. The first-order chi connectivity index (χ1) is 11.0. The van der Waals surface area contributed by atoms with Gasteiger partial charge in [-0.3, -0.25) is 0 Å². The number of nitrogens with one attached hydrogen (secondary N) is 1. The third kappa shape index (κ3) is 2.90. The number of pyridine rings is 1. The minimum absolute atomic E-state index is 0.0188. The zero-order valence-corrected chi connectivity index (χ0v) is 14.1. The molecule has 2 aromatic rings. The van der Waals surface area contributed by atoms with Crippen LogP contribution in [0.25, 0.3) is 0 Å². The van der Waals surface area contributed by atoms with Gasteiger partial charge < -0.3 is 14.6 Å². The quantitative estimate of drug-likeness (QED) is 0.935. The van der Waals surface area contributed by atoms with Crippen molar-refractivity contribution in [2.24, 2.45) is 0 Å². The van der Waals surface area contributed by atoms with E-state index >= 15 is 0 Å². The van der Waals surface area contributed by atoms with Gasteiger partial charge >= 0.3 is 0 Å². The zero-order valence-electron chi connectivity index (χ0n) is 13.3. The van der Waals surface area contributed by atoms with Crippen molar-refractivity contribution in [1.82, 2.24) is 15.0 Å². The average Bonchev–Trinajstić information content (AvgIpc) is 3.11. The van der Waals surface area contributed by atoms with Crippen molar-refractivity contribution >= 4 is 17.4 Å². The fourth-order valence-corrected chi connectivity index (χ4v) is 3.17. The molecule has 1 N–H and O–H groups in total. The molecule has 0 aliphatic carbocycles. The van der Waals surface area contributed by atoms with E-state index in [9.17, 15) is 0 Å². The van der Waals surface area contributed by atoms with Gasteiger partial charge in [0.1, 0.15) is 17.7 Å². The number of aromatic amines is 1. The normalized spacial score (nSPS) is 20.7. The summed E-state index contributed by atoms with van der Waals surface area (Å²) in [5.41, 5.74) is 2.49. The maximum Gasteiger partial charge on any atom is 0.148 e. The number of aromatic nitrogens is 3. The van der Waals surface area contributed by atoms with Crippen LogP contribution in [0.3, 0.4) is 0 Å². The van der Waals surface area contributed by atoms with Crippen molar-refractivity contribution in [3.8, 4) is 6.07 Å². The largest absolute Gasteiger partial charge is 0.380 e. The molecule has 1 aliphatic rings. The van der Waals surface area contributed by atoms with E-state index in [0.29, 0.717) is 22.9 Å². The zero-order chi connectivity index (χ0) is 16.6. The van der Waals surface area contributed by atoms with Crippen LogP contribution in [0.2, 0.25) is 5.02 Å². The number of hydrogen-bond acceptors (Lipinski definition) is 5. The summed E-state index contributed by atoms with van der Waals surface area (Å²) < 4.78 is 5.53. The molecule has 2 atom stereocenters. The molecular weight excluding hydrogens is 314 g/mol. The van der Waals surface area contributed by atoms with Gasteiger partial charge in [-0.1, -0.05) is 11.6 Å². The van der Waals surface area contributed by atoms with Crippen LogP contribution >= 0.6 is 11.6 Å². The Morgan fingerprint density at radius 3 is 2.83 bits per heavy atom. The van der Waals surface area contributed by atoms with E-state index in [0.717, 1.165) is 23.6 Å². The number of imidazole rings is 1. The van der Waals surface area contributed by atoms with Gasteiger partial charge in [-0.25, -0.2) is 9.97 Å². The Balaban J connectivity index is 1.99. The summed E-state index contributed by atoms with van der Waals surface area (Å²) in [5, 5.41) is 9.43. The van der Waals surface area contributed by atoms with Crippen LogP contribution in [0.4, 0.5) is 5.82 Å². The predicted molar refractivity (Wildman–Crippen MR) is 87.5 cm³/mol. The SMILES string of the molecule is CO[C@@H]1C[C@@H](c2nc(C)c(C)[nH]2)N(c2ncc(C#N)cc2Cl)C1. The van der Waals surface area contributed by atoms with Crippen molar-refractivity contribution in [2.75, 3.05) is 18.6 Å². The topological polar surface area (TPSA) is 77.8 Å². The molecule has 23 heavy (non-hydrogen) atoms. The van der Waals surface area contributed by atoms with Gasteiger partial charge in [0.25, 0.3) is 0 Å². The summed E-state index contributed by atoms with van der Waals surface area (Å²) in [6, 6.07) is 3.71. The summed E-state index contributed by atoms with van der Waals surface area (Å²) in [5.74, 6) is 1.55. The van der Waals surface area contributed by atoms with Gasteiger partial charge in [-0.2, -0.15) is 5.26 Å². The van der Waals surface area contributed by atoms with E-state index in [-0.39, 0.29) is 12.1 Å². The van der Waals surface area contributed by atoms with E-state index < -0.39 is 0 Å². The second kappa shape index (κ2) is 6.19. The summed E-state index contributed by atoms with van der Waals surface area (Å²) in [6.07, 6.45) is 2.43. The number of aryl methyl sites for hydroxylation is 2. The lowest BCUT2D eigenvalue weighted by Crippen LogP contribution is -2.26. The molecular formula is C16H18ClN5O. The van der Waals surface area contributed by atoms with Crippen LogP contribution in [-0.2, 0) is 4.74 Å². The highest BCUT2D eigenvalue weighted by molar-refractivity contribution is 6.33. The first-order valence-electron chi connectivity index (χ1n) is 7.41. The van der Waals surface area contributed by atoms with Crippen molar-refractivity contribution in [1.29, 1.82) is 5.26 Å². The van der Waals surface area contributed by atoms with Crippen molar-refractivity contribution < 1.29 is 4.74 Å². The van der Waals surface area contributed by atoms with Gasteiger partial charge in [0.05, 0.1) is 28.4 Å². The number of hydrogen-bond donors (Lipinski definition) is 1. The monoisotopic (exact) mass is 331 g/mol. The number of anilines is 1. The molecule has 0 spiro atoms. The molecule has 2 aromatic heterocycles. The van der Waals surface area contributed by atoms with Crippen LogP contribution < -0.4 is 4.90 Å². The standard InChI is InChI=1S/C16H18ClN5O/c1-9-10(2)21-15(20-9)14-5-12(23-3)8-22(14)16-13(17)4-11(6-18)7-19-16/h4,7,12,14H,5,8H2,1-3H3,(H,20,21)/t12-,14+/m1/s1. The van der Waals surface area contributed by atoms with Crippen LogP contribution in [0.5, 0.6) is 0 Å². The van der Waals surface area contributed by atoms with E-state index in [1.807, 2.05) is 13.8 Å². The Morgan fingerprint density at radius 2 is 2.26 bits per heavy atom. The Kier molecular flexibility index (Phi) is 4.24. The maximum atomic E-state index is 8.96. The second-order valence-electron chi connectivity index (χ2n) is 5.74. The highest BCUT2D eigenvalue weighted by Gasteiger charge is 2.37. The molecule has 0 aromatic carbocycles. The van der Waals surface area contributed by atoms with Gasteiger partial charge in [0.2, 0.25) is 0 Å². The third-order valence-corrected chi connectivity index (χ3v) is 4.56. The van der Waals surface area contributed by atoms with Gasteiger partial charge in [0, 0.05) is 32.0 Å². The molecule has 120 valence electrons. The number of halogens is 1. The number of methoxy groups -OCH3 is 1. The predicted octanol–water partition coefficient (Wildman–Crippen LogP) is 2.91. The second-order valence-corrected chi connectivity index (χ2v) is 6.14. The maximum absolute atomic E-state index is 8.96. The molecule has 0 unspecified atom stereocenters. The van der Waals surface area contributed by atoms with Crippen LogP contribution in [-0.4, -0.2) is 34.7 Å². The minimum atomic E-state index is 0.0188. The molecule has 3 rings (SSSR count). The van der Waals surface area contributed by atoms with Crippen LogP contribution in [0, 0.1) is 25.2 Å². The molecule has 3 heterocycles. The van der Waals surface area contributed by atoms with E-state index in [1.54, 1.807) is 13.2 Å². The molecule has 1 aliphatic heterocycles. The lowest BCUT2D eigenvalue weighted by atomic mass is 10.2. The Morgan fingerprint density at radius 1 is 1.48 bits per heavy atom. The molecule has 0 radical (unpaired) electrons. The molecule has 0 bridgehead atoms. The number of nitriles is 1. The van der Waals surface area contributed by atoms with Gasteiger partial charge in [0.15, 0.2) is 0 Å². The lowest BCUT2D eigenvalue weighted by Gasteiger charge is -2.24. The smallest absolute Gasteiger partial charge is 0.148 e. The van der Waals surface area contributed by atoms with Crippen molar-refractivity contribution in [3.05, 3.63) is 40.1 Å². The highest BCUT2D eigenvalue weighted by atomic mass is 35.5. The molecule has 6 nitrogen and oxygen atoms in total. The number of rotatable bonds is 3. The summed E-state index contributed by atoms with van der Waals surface area (Å²) in [7, 11) is 1.71. The Bertz CT molecular complexity index is 747. The highest BCUT2D eigenvalue weighted by Crippen LogP contribution is 2.38. The third-order valence-electron chi connectivity index (χ3n) is 4.28. The number of H-pyrrole nitrogens is 1. The molecule has 1 fully saturated rings. The lowest BCUT2D eigenvalue weighted by molar-refractivity contribution is 0.118. The fourth-order valence-electron chi connectivity index (χ4n) is 2.90. The van der Waals surface area contributed by atoms with Crippen LogP contribution in [0.15, 0.2) is 12.3 Å². The summed E-state index contributed by atoms with van der Waals surface area (Å²) in [4.78, 5) is 14.4. The molecule has 0 amide bonds. The number of ether oxygens (including phenoxy) is 1. The first kappa shape index (κ1) is 15.8. The van der Waals surface area contributed by atoms with Crippen molar-refractivity contribution in [3.63, 3.8) is 0 Å². The fraction of sp³-hybridized carbons (Fsp3) is 0.438. The Labute approximate surface area is 140 Å². The van der Waals surface area contributed by atoms with Crippen molar-refractivity contribution in [2.45, 2.75) is 32.4 Å².